The van der Waals surface area contributed by atoms with E-state index in [9.17, 15) is 14.0 Å². The Labute approximate surface area is 209 Å². The number of aromatic nitrogens is 2. The Balaban J connectivity index is 1.46. The molecule has 1 saturated carbocycles. The summed E-state index contributed by atoms with van der Waals surface area (Å²) in [4.78, 5) is 30.6. The van der Waals surface area contributed by atoms with Crippen LogP contribution >= 0.6 is 0 Å². The van der Waals surface area contributed by atoms with Crippen LogP contribution in [0.5, 0.6) is 0 Å². The second kappa shape index (κ2) is 9.77. The summed E-state index contributed by atoms with van der Waals surface area (Å²) in [7, 11) is 1.91. The van der Waals surface area contributed by atoms with Crippen LogP contribution in [-0.4, -0.2) is 33.1 Å². The molecule has 0 unspecified atom stereocenters. The number of nitrogens with one attached hydrogen (secondary N) is 2. The highest BCUT2D eigenvalue weighted by Gasteiger charge is 2.52. The van der Waals surface area contributed by atoms with Crippen LogP contribution < -0.4 is 10.6 Å². The van der Waals surface area contributed by atoms with Crippen LogP contribution in [-0.2, 0) is 16.6 Å². The van der Waals surface area contributed by atoms with Crippen molar-refractivity contribution in [3.05, 3.63) is 109 Å². The fraction of sp³-hybridized carbons (Fsp3) is 0.207. The maximum absolute atomic E-state index is 14.7. The first-order chi connectivity index (χ1) is 17.4. The number of alkyl halides is 1. The van der Waals surface area contributed by atoms with Gasteiger partial charge in [0, 0.05) is 18.7 Å². The van der Waals surface area contributed by atoms with Crippen LogP contribution in [0.15, 0.2) is 97.5 Å². The number of hydrogen-bond acceptors (Lipinski definition) is 3. The lowest BCUT2D eigenvalue weighted by Crippen LogP contribution is -2.50. The lowest BCUT2D eigenvalue weighted by molar-refractivity contribution is -0.131. The van der Waals surface area contributed by atoms with Crippen LogP contribution in [0.2, 0.25) is 0 Å². The zero-order chi connectivity index (χ0) is 25.1. The number of imidazole rings is 1. The van der Waals surface area contributed by atoms with E-state index >= 15 is 0 Å². The molecule has 4 aromatic rings. The summed E-state index contributed by atoms with van der Waals surface area (Å²) < 4.78 is 16.6. The number of carbonyl (C=O) groups excluding carboxylic acids is 2. The molecule has 182 valence electrons. The number of benzene rings is 3. The van der Waals surface area contributed by atoms with Gasteiger partial charge < -0.3 is 15.2 Å². The molecule has 2 amide bonds. The van der Waals surface area contributed by atoms with E-state index in [1.54, 1.807) is 24.7 Å². The van der Waals surface area contributed by atoms with Gasteiger partial charge in [-0.3, -0.25) is 9.59 Å². The fourth-order valence-electron chi connectivity index (χ4n) is 4.39. The molecule has 1 aromatic heterocycles. The van der Waals surface area contributed by atoms with E-state index in [0.717, 1.165) is 22.4 Å². The van der Waals surface area contributed by atoms with Gasteiger partial charge in [-0.2, -0.15) is 0 Å². The van der Waals surface area contributed by atoms with Crippen molar-refractivity contribution in [3.63, 3.8) is 0 Å². The summed E-state index contributed by atoms with van der Waals surface area (Å²) in [6.07, 6.45) is 3.84. The smallest absolute Gasteiger partial charge is 0.258 e. The molecule has 2 N–H and O–H groups in total. The Morgan fingerprint density at radius 1 is 0.917 bits per heavy atom. The van der Waals surface area contributed by atoms with E-state index in [0.29, 0.717) is 5.69 Å². The SMILES string of the molecule is Cn1cncc1-c1ccc(NC(=O)[C@@H](NC(=O)C2(F)CC2)C(c2ccccc2)c2ccccc2)cc1. The standard InChI is InChI=1S/C29H27FN4O2/c1-34-19-31-18-24(34)20-12-14-23(15-13-20)32-27(35)26(33-28(36)29(30)16-17-29)25(21-8-4-2-5-9-21)22-10-6-3-7-11-22/h2-15,18-19,25-26H,16-17H2,1H3,(H,32,35)(H,33,36)/t26-/m0/s1. The third-order valence-electron chi connectivity index (χ3n) is 6.58. The third kappa shape index (κ3) is 4.91. The van der Waals surface area contributed by atoms with Gasteiger partial charge in [-0.1, -0.05) is 72.8 Å². The molecule has 1 aliphatic rings. The molecule has 7 heteroatoms. The average molecular weight is 483 g/mol. The van der Waals surface area contributed by atoms with Crippen molar-refractivity contribution >= 4 is 17.5 Å². The minimum absolute atomic E-state index is 0.171. The van der Waals surface area contributed by atoms with Crippen molar-refractivity contribution in [2.45, 2.75) is 30.5 Å². The number of hydrogen-bond donors (Lipinski definition) is 2. The quantitative estimate of drug-likeness (QED) is 0.377. The van der Waals surface area contributed by atoms with Gasteiger partial charge in [0.1, 0.15) is 6.04 Å². The normalized spacial score (nSPS) is 14.8. The van der Waals surface area contributed by atoms with Gasteiger partial charge in [0.2, 0.25) is 5.91 Å². The van der Waals surface area contributed by atoms with Crippen molar-refractivity contribution in [2.75, 3.05) is 5.32 Å². The molecule has 0 saturated heterocycles. The zero-order valence-corrected chi connectivity index (χ0v) is 19.9. The molecule has 1 fully saturated rings. The number of carbonyl (C=O) groups is 2. The molecule has 3 aromatic carbocycles. The Kier molecular flexibility index (Phi) is 6.38. The highest BCUT2D eigenvalue weighted by Crippen LogP contribution is 2.40. The first-order valence-corrected chi connectivity index (χ1v) is 11.9. The van der Waals surface area contributed by atoms with E-state index < -0.39 is 29.4 Å². The van der Waals surface area contributed by atoms with Gasteiger partial charge in [0.15, 0.2) is 5.67 Å². The van der Waals surface area contributed by atoms with Crippen molar-refractivity contribution in [1.29, 1.82) is 0 Å². The minimum atomic E-state index is -1.90. The van der Waals surface area contributed by atoms with Crippen LogP contribution in [0.1, 0.15) is 29.9 Å². The zero-order valence-electron chi connectivity index (χ0n) is 19.9. The Morgan fingerprint density at radius 2 is 1.50 bits per heavy atom. The van der Waals surface area contributed by atoms with Crippen LogP contribution in [0.3, 0.4) is 0 Å². The Bertz CT molecular complexity index is 1310. The van der Waals surface area contributed by atoms with Crippen LogP contribution in [0.25, 0.3) is 11.3 Å². The highest BCUT2D eigenvalue weighted by atomic mass is 19.1. The second-order valence-electron chi connectivity index (χ2n) is 9.17. The maximum Gasteiger partial charge on any atom is 0.258 e. The van der Waals surface area contributed by atoms with Crippen molar-refractivity contribution in [2.24, 2.45) is 7.05 Å². The predicted octanol–water partition coefficient (Wildman–Crippen LogP) is 4.84. The van der Waals surface area contributed by atoms with E-state index in [-0.39, 0.29) is 12.8 Å². The third-order valence-corrected chi connectivity index (χ3v) is 6.58. The van der Waals surface area contributed by atoms with E-state index in [4.69, 9.17) is 0 Å². The summed E-state index contributed by atoms with van der Waals surface area (Å²) in [5.74, 6) is -1.67. The topological polar surface area (TPSA) is 76.0 Å². The van der Waals surface area contributed by atoms with Crippen molar-refractivity contribution < 1.29 is 14.0 Å². The predicted molar refractivity (Wildman–Crippen MR) is 137 cm³/mol. The Hall–Kier alpha value is -4.26. The van der Waals surface area contributed by atoms with E-state index in [2.05, 4.69) is 15.6 Å². The lowest BCUT2D eigenvalue weighted by Gasteiger charge is -2.29. The largest absolute Gasteiger partial charge is 0.341 e. The minimum Gasteiger partial charge on any atom is -0.341 e. The highest BCUT2D eigenvalue weighted by molar-refractivity contribution is 6.00. The fourth-order valence-corrected chi connectivity index (χ4v) is 4.39. The first-order valence-electron chi connectivity index (χ1n) is 11.9. The molecule has 0 radical (unpaired) electrons. The lowest BCUT2D eigenvalue weighted by atomic mass is 9.84. The van der Waals surface area contributed by atoms with Crippen molar-refractivity contribution in [1.82, 2.24) is 14.9 Å². The molecule has 1 atom stereocenters. The van der Waals surface area contributed by atoms with Gasteiger partial charge >= 0.3 is 0 Å². The summed E-state index contributed by atoms with van der Waals surface area (Å²) in [5, 5.41) is 5.67. The Morgan fingerprint density at radius 3 is 2.00 bits per heavy atom. The monoisotopic (exact) mass is 482 g/mol. The van der Waals surface area contributed by atoms with Crippen LogP contribution in [0, 0.1) is 0 Å². The molecule has 1 heterocycles. The number of nitrogens with zero attached hydrogens (tertiary/aromatic N) is 2. The number of halogens is 1. The number of rotatable bonds is 8. The number of aryl methyl sites for hydroxylation is 1. The van der Waals surface area contributed by atoms with Gasteiger partial charge in [-0.05, 0) is 41.7 Å². The number of anilines is 1. The molecular weight excluding hydrogens is 455 g/mol. The average Bonchev–Trinajstić information content (AvgIpc) is 3.52. The van der Waals surface area contributed by atoms with Gasteiger partial charge in [0.05, 0.1) is 18.2 Å². The summed E-state index contributed by atoms with van der Waals surface area (Å²) in [5.41, 5.74) is 2.27. The second-order valence-corrected chi connectivity index (χ2v) is 9.17. The molecular formula is C29H27FN4O2. The van der Waals surface area contributed by atoms with E-state index in [1.165, 1.54) is 0 Å². The number of amides is 2. The molecule has 6 nitrogen and oxygen atoms in total. The summed E-state index contributed by atoms with van der Waals surface area (Å²) in [6, 6.07) is 25.4. The van der Waals surface area contributed by atoms with E-state index in [1.807, 2.05) is 84.4 Å². The first kappa shape index (κ1) is 23.5. The van der Waals surface area contributed by atoms with Crippen LogP contribution in [0.4, 0.5) is 10.1 Å². The molecule has 0 spiro atoms. The van der Waals surface area contributed by atoms with Gasteiger partial charge in [-0.15, -0.1) is 0 Å². The van der Waals surface area contributed by atoms with Crippen molar-refractivity contribution in [3.8, 4) is 11.3 Å². The summed E-state index contributed by atoms with van der Waals surface area (Å²) in [6.45, 7) is 0. The molecule has 5 rings (SSSR count). The van der Waals surface area contributed by atoms with Gasteiger partial charge in [0.25, 0.3) is 5.91 Å². The maximum atomic E-state index is 14.7. The molecule has 0 aliphatic heterocycles. The molecule has 1 aliphatic carbocycles. The van der Waals surface area contributed by atoms with Gasteiger partial charge in [-0.25, -0.2) is 9.37 Å². The molecule has 36 heavy (non-hydrogen) atoms. The summed E-state index contributed by atoms with van der Waals surface area (Å²) >= 11 is 0. The molecule has 0 bridgehead atoms.